The number of hydrogen-bond acceptors (Lipinski definition) is 2. The standard InChI is InChI=1S/C10H18N2O3/c1-3-7(2)12-8(4-5-9(13)14)6-11-10(12)15/h7-8H,3-6H2,1-2H3,(H,11,15)(H,13,14). The van der Waals surface area contributed by atoms with Gasteiger partial charge in [-0.2, -0.15) is 0 Å². The molecule has 2 unspecified atom stereocenters. The smallest absolute Gasteiger partial charge is 0.318 e. The van der Waals surface area contributed by atoms with Gasteiger partial charge in [-0.1, -0.05) is 6.92 Å². The van der Waals surface area contributed by atoms with Gasteiger partial charge in [0.05, 0.1) is 6.04 Å². The lowest BCUT2D eigenvalue weighted by Gasteiger charge is -2.28. The number of carboxylic acid groups (broad SMARTS) is 1. The molecule has 0 spiro atoms. The highest BCUT2D eigenvalue weighted by molar-refractivity contribution is 5.77. The Morgan fingerprint density at radius 2 is 2.40 bits per heavy atom. The average Bonchev–Trinajstić information content (AvgIpc) is 2.55. The van der Waals surface area contributed by atoms with E-state index in [2.05, 4.69) is 5.32 Å². The number of carbonyl (C=O) groups is 2. The van der Waals surface area contributed by atoms with Crippen LogP contribution in [0.3, 0.4) is 0 Å². The zero-order valence-corrected chi connectivity index (χ0v) is 9.19. The van der Waals surface area contributed by atoms with Crippen LogP contribution < -0.4 is 5.32 Å². The summed E-state index contributed by atoms with van der Waals surface area (Å²) in [5.41, 5.74) is 0. The minimum Gasteiger partial charge on any atom is -0.481 e. The molecule has 1 aliphatic heterocycles. The fourth-order valence-corrected chi connectivity index (χ4v) is 1.85. The first-order valence-electron chi connectivity index (χ1n) is 5.34. The average molecular weight is 214 g/mol. The van der Waals surface area contributed by atoms with Crippen LogP contribution in [0.1, 0.15) is 33.1 Å². The summed E-state index contributed by atoms with van der Waals surface area (Å²) in [4.78, 5) is 23.7. The van der Waals surface area contributed by atoms with Gasteiger partial charge in [0.25, 0.3) is 0 Å². The minimum absolute atomic E-state index is 0.0311. The van der Waals surface area contributed by atoms with Gasteiger partial charge in [0.2, 0.25) is 0 Å². The van der Waals surface area contributed by atoms with Gasteiger partial charge in [-0.3, -0.25) is 4.79 Å². The van der Waals surface area contributed by atoms with Crippen LogP contribution in [0.2, 0.25) is 0 Å². The van der Waals surface area contributed by atoms with E-state index in [4.69, 9.17) is 5.11 Å². The maximum absolute atomic E-state index is 11.5. The third kappa shape index (κ3) is 2.84. The number of nitrogens with one attached hydrogen (secondary N) is 1. The molecule has 1 heterocycles. The number of carbonyl (C=O) groups excluding carboxylic acids is 1. The second-order valence-corrected chi connectivity index (χ2v) is 3.94. The Hall–Kier alpha value is -1.26. The van der Waals surface area contributed by atoms with E-state index in [-0.39, 0.29) is 24.5 Å². The molecule has 1 saturated heterocycles. The monoisotopic (exact) mass is 214 g/mol. The molecule has 2 N–H and O–H groups in total. The van der Waals surface area contributed by atoms with Crippen LogP contribution >= 0.6 is 0 Å². The van der Waals surface area contributed by atoms with Gasteiger partial charge >= 0.3 is 12.0 Å². The second-order valence-electron chi connectivity index (χ2n) is 3.94. The Labute approximate surface area is 89.4 Å². The molecule has 0 saturated carbocycles. The first-order chi connectivity index (χ1) is 7.06. The Morgan fingerprint density at radius 3 is 2.93 bits per heavy atom. The van der Waals surface area contributed by atoms with Gasteiger partial charge in [-0.05, 0) is 19.8 Å². The number of amides is 2. The summed E-state index contributed by atoms with van der Waals surface area (Å²) in [6, 6.07) is 0.134. The van der Waals surface area contributed by atoms with Crippen molar-refractivity contribution in [3.8, 4) is 0 Å². The van der Waals surface area contributed by atoms with Crippen molar-refractivity contribution in [3.63, 3.8) is 0 Å². The fourth-order valence-electron chi connectivity index (χ4n) is 1.85. The van der Waals surface area contributed by atoms with Crippen molar-refractivity contribution in [1.29, 1.82) is 0 Å². The minimum atomic E-state index is -0.807. The molecule has 0 aromatic rings. The molecule has 5 nitrogen and oxygen atoms in total. The van der Waals surface area contributed by atoms with Gasteiger partial charge in [-0.25, -0.2) is 4.79 Å². The van der Waals surface area contributed by atoms with Crippen LogP contribution in [0, 0.1) is 0 Å². The van der Waals surface area contributed by atoms with E-state index in [0.29, 0.717) is 13.0 Å². The van der Waals surface area contributed by atoms with Crippen molar-refractivity contribution in [2.24, 2.45) is 0 Å². The first kappa shape index (κ1) is 11.8. The number of urea groups is 1. The van der Waals surface area contributed by atoms with E-state index in [0.717, 1.165) is 6.42 Å². The number of hydrogen-bond donors (Lipinski definition) is 2. The lowest BCUT2D eigenvalue weighted by molar-refractivity contribution is -0.137. The molecule has 0 aromatic heterocycles. The lowest BCUT2D eigenvalue weighted by atomic mass is 10.1. The van der Waals surface area contributed by atoms with E-state index in [1.54, 1.807) is 4.90 Å². The molecule has 1 aliphatic rings. The summed E-state index contributed by atoms with van der Waals surface area (Å²) in [6.07, 6.45) is 1.53. The molecule has 1 fully saturated rings. The van der Waals surface area contributed by atoms with Crippen LogP contribution in [-0.2, 0) is 4.79 Å². The van der Waals surface area contributed by atoms with Crippen molar-refractivity contribution in [1.82, 2.24) is 10.2 Å². The number of rotatable bonds is 5. The third-order valence-electron chi connectivity index (χ3n) is 2.87. The highest BCUT2D eigenvalue weighted by Crippen LogP contribution is 2.17. The molecule has 0 aromatic carbocycles. The Kier molecular flexibility index (Phi) is 3.94. The molecule has 1 rings (SSSR count). The largest absolute Gasteiger partial charge is 0.481 e. The molecule has 2 atom stereocenters. The van der Waals surface area contributed by atoms with E-state index in [1.807, 2.05) is 13.8 Å². The Bertz CT molecular complexity index is 255. The van der Waals surface area contributed by atoms with E-state index in [1.165, 1.54) is 0 Å². The number of aliphatic carboxylic acids is 1. The topological polar surface area (TPSA) is 69.6 Å². The van der Waals surface area contributed by atoms with Gasteiger partial charge in [0.15, 0.2) is 0 Å². The first-order valence-corrected chi connectivity index (χ1v) is 5.34. The van der Waals surface area contributed by atoms with Crippen molar-refractivity contribution in [2.45, 2.75) is 45.2 Å². The van der Waals surface area contributed by atoms with Gasteiger partial charge < -0.3 is 15.3 Å². The Morgan fingerprint density at radius 1 is 1.73 bits per heavy atom. The maximum atomic E-state index is 11.5. The van der Waals surface area contributed by atoms with Crippen LogP contribution in [0.4, 0.5) is 4.79 Å². The predicted octanol–water partition coefficient (Wildman–Crippen LogP) is 1.04. The summed E-state index contributed by atoms with van der Waals surface area (Å²) < 4.78 is 0. The highest BCUT2D eigenvalue weighted by atomic mass is 16.4. The molecule has 0 radical (unpaired) electrons. The van der Waals surface area contributed by atoms with Gasteiger partial charge in [-0.15, -0.1) is 0 Å². The van der Waals surface area contributed by atoms with E-state index >= 15 is 0 Å². The lowest BCUT2D eigenvalue weighted by Crippen LogP contribution is -2.41. The second kappa shape index (κ2) is 5.00. The zero-order chi connectivity index (χ0) is 11.4. The highest BCUT2D eigenvalue weighted by Gasteiger charge is 2.33. The Balaban J connectivity index is 2.55. The molecule has 0 aliphatic carbocycles. The van der Waals surface area contributed by atoms with Crippen LogP contribution in [0.25, 0.3) is 0 Å². The van der Waals surface area contributed by atoms with Crippen LogP contribution in [0.15, 0.2) is 0 Å². The van der Waals surface area contributed by atoms with Gasteiger partial charge in [0, 0.05) is 19.0 Å². The normalized spacial score (nSPS) is 22.7. The molecular formula is C10H18N2O3. The van der Waals surface area contributed by atoms with Crippen LogP contribution in [0.5, 0.6) is 0 Å². The number of carboxylic acids is 1. The summed E-state index contributed by atoms with van der Waals surface area (Å²) in [6.45, 7) is 4.57. The zero-order valence-electron chi connectivity index (χ0n) is 9.19. The summed E-state index contributed by atoms with van der Waals surface area (Å²) in [5, 5.41) is 11.4. The van der Waals surface area contributed by atoms with Gasteiger partial charge in [0.1, 0.15) is 0 Å². The summed E-state index contributed by atoms with van der Waals surface area (Å²) >= 11 is 0. The molecule has 2 amide bonds. The van der Waals surface area contributed by atoms with E-state index in [9.17, 15) is 9.59 Å². The molecular weight excluding hydrogens is 196 g/mol. The fraction of sp³-hybridized carbons (Fsp3) is 0.800. The molecule has 0 bridgehead atoms. The molecule has 86 valence electrons. The van der Waals surface area contributed by atoms with Crippen molar-refractivity contribution in [3.05, 3.63) is 0 Å². The van der Waals surface area contributed by atoms with Crippen LogP contribution in [-0.4, -0.2) is 40.6 Å². The molecule has 15 heavy (non-hydrogen) atoms. The van der Waals surface area contributed by atoms with Crippen molar-refractivity contribution < 1.29 is 14.7 Å². The SMILES string of the molecule is CCC(C)N1C(=O)NCC1CCC(=O)O. The van der Waals surface area contributed by atoms with Crippen molar-refractivity contribution in [2.75, 3.05) is 6.54 Å². The van der Waals surface area contributed by atoms with Crippen molar-refractivity contribution >= 4 is 12.0 Å². The molecule has 5 heteroatoms. The maximum Gasteiger partial charge on any atom is 0.318 e. The third-order valence-corrected chi connectivity index (χ3v) is 2.87. The summed E-state index contributed by atoms with van der Waals surface area (Å²) in [7, 11) is 0. The predicted molar refractivity (Wildman–Crippen MR) is 55.6 cm³/mol. The van der Waals surface area contributed by atoms with E-state index < -0.39 is 5.97 Å². The summed E-state index contributed by atoms with van der Waals surface area (Å²) in [5.74, 6) is -0.807. The number of nitrogens with zero attached hydrogens (tertiary/aromatic N) is 1. The quantitative estimate of drug-likeness (QED) is 0.718.